The molecule has 4 aromatic rings. The molecule has 0 heterocycles. The second-order valence-electron chi connectivity index (χ2n) is 23.7. The molecule has 0 aromatic heterocycles. The predicted octanol–water partition coefficient (Wildman–Crippen LogP) is 24.4. The van der Waals surface area contributed by atoms with Gasteiger partial charge in [0.25, 0.3) is 0 Å². The maximum atomic E-state index is 6.38. The van der Waals surface area contributed by atoms with Crippen LogP contribution in [-0.4, -0.2) is 26.4 Å². The normalized spacial score (nSPS) is 12.3. The van der Waals surface area contributed by atoms with Crippen molar-refractivity contribution in [2.75, 3.05) is 26.4 Å². The summed E-state index contributed by atoms with van der Waals surface area (Å²) in [5.74, 6) is 3.77. The third-order valence-corrected chi connectivity index (χ3v) is 16.6. The Bertz CT molecular complexity index is 1840. The summed E-state index contributed by atoms with van der Waals surface area (Å²) in [6.07, 6.45) is 53.0. The number of ether oxygens (including phenoxy) is 4. The van der Waals surface area contributed by atoms with E-state index in [0.29, 0.717) is 0 Å². The summed E-state index contributed by atoms with van der Waals surface area (Å²) in [7, 11) is 0. The lowest BCUT2D eigenvalue weighted by atomic mass is 9.69. The largest absolute Gasteiger partial charge is 0.494 e. The van der Waals surface area contributed by atoms with Crippen LogP contribution in [-0.2, 0) is 0 Å². The van der Waals surface area contributed by atoms with Crippen molar-refractivity contribution in [1.82, 2.24) is 0 Å². The van der Waals surface area contributed by atoms with Gasteiger partial charge < -0.3 is 18.9 Å². The number of unbranched alkanes of at least 4 members (excludes halogenated alkanes) is 36. The number of benzene rings is 4. The molecule has 0 atom stereocenters. The van der Waals surface area contributed by atoms with Gasteiger partial charge in [0.15, 0.2) is 0 Å². The SMILES string of the molecule is CCCCCCCCCCCCOc1ccc(C2=C(c3ccc(OCCCCCCCCCCCC)cc3)C(c3ccc(OCCCCCCCCCCCC)cc3)=C2c2ccc(OCCCCCCCCCCCC)cc2)cc1. The minimum atomic E-state index is 0.763. The van der Waals surface area contributed by atoms with Crippen LogP contribution in [0.3, 0.4) is 0 Å². The average molecular weight is 1090 g/mol. The van der Waals surface area contributed by atoms with Gasteiger partial charge in [-0.15, -0.1) is 0 Å². The molecule has 0 saturated heterocycles. The molecule has 0 aliphatic heterocycles. The molecule has 0 N–H and O–H groups in total. The Morgan fingerprint density at radius 1 is 0.175 bits per heavy atom. The van der Waals surface area contributed by atoms with Crippen molar-refractivity contribution in [3.8, 4) is 23.0 Å². The molecule has 0 fully saturated rings. The molecule has 0 saturated carbocycles. The number of allylic oxidation sites excluding steroid dienone is 4. The zero-order chi connectivity index (χ0) is 56.2. The van der Waals surface area contributed by atoms with Gasteiger partial charge in [-0.05, 0) is 119 Å². The van der Waals surface area contributed by atoms with E-state index in [-0.39, 0.29) is 0 Å². The van der Waals surface area contributed by atoms with Gasteiger partial charge in [0, 0.05) is 0 Å². The Morgan fingerprint density at radius 3 is 0.463 bits per heavy atom. The van der Waals surface area contributed by atoms with Crippen molar-refractivity contribution in [3.05, 3.63) is 119 Å². The number of rotatable bonds is 52. The molecule has 0 bridgehead atoms. The highest BCUT2D eigenvalue weighted by molar-refractivity contribution is 6.43. The molecule has 0 amide bonds. The molecule has 1 aliphatic carbocycles. The fraction of sp³-hybridized carbons (Fsp3) is 0.632. The van der Waals surface area contributed by atoms with Crippen molar-refractivity contribution in [1.29, 1.82) is 0 Å². The zero-order valence-electron chi connectivity index (χ0n) is 52.0. The first-order chi connectivity index (χ1) is 39.7. The van der Waals surface area contributed by atoms with E-state index < -0.39 is 0 Å². The highest BCUT2D eigenvalue weighted by Gasteiger charge is 2.33. The summed E-state index contributed by atoms with van der Waals surface area (Å²) in [6.45, 7) is 12.2. The lowest BCUT2D eigenvalue weighted by molar-refractivity contribution is 0.304. The molecule has 1 aliphatic rings. The van der Waals surface area contributed by atoms with Crippen molar-refractivity contribution >= 4 is 22.3 Å². The minimum Gasteiger partial charge on any atom is -0.494 e. The second kappa shape index (κ2) is 44.2. The number of hydrogen-bond donors (Lipinski definition) is 0. The third kappa shape index (κ3) is 27.1. The summed E-state index contributed by atoms with van der Waals surface area (Å²) in [4.78, 5) is 0. The monoisotopic (exact) mass is 1090 g/mol. The fourth-order valence-corrected chi connectivity index (χ4v) is 11.6. The van der Waals surface area contributed by atoms with E-state index in [9.17, 15) is 0 Å². The van der Waals surface area contributed by atoms with E-state index in [1.54, 1.807) is 0 Å². The van der Waals surface area contributed by atoms with Crippen LogP contribution in [0.4, 0.5) is 0 Å². The van der Waals surface area contributed by atoms with Crippen LogP contribution in [0.5, 0.6) is 23.0 Å². The summed E-state index contributed by atoms with van der Waals surface area (Å²) in [5.41, 5.74) is 9.85. The molecule has 4 aromatic carbocycles. The zero-order valence-corrected chi connectivity index (χ0v) is 52.0. The van der Waals surface area contributed by atoms with Crippen LogP contribution in [0.1, 0.15) is 307 Å². The molecule has 4 heteroatoms. The van der Waals surface area contributed by atoms with Crippen molar-refractivity contribution in [2.24, 2.45) is 0 Å². The highest BCUT2D eigenvalue weighted by Crippen LogP contribution is 2.56. The van der Waals surface area contributed by atoms with Gasteiger partial charge >= 0.3 is 0 Å². The van der Waals surface area contributed by atoms with Crippen LogP contribution in [0, 0.1) is 0 Å². The quantitative estimate of drug-likeness (QED) is 0.0413. The maximum absolute atomic E-state index is 6.38. The summed E-state index contributed by atoms with van der Waals surface area (Å²) < 4.78 is 25.5. The van der Waals surface area contributed by atoms with Crippen molar-refractivity contribution in [2.45, 2.75) is 285 Å². The third-order valence-electron chi connectivity index (χ3n) is 16.6. The average Bonchev–Trinajstić information content (AvgIpc) is 3.64. The highest BCUT2D eigenvalue weighted by atomic mass is 16.5. The van der Waals surface area contributed by atoms with E-state index in [1.807, 2.05) is 0 Å². The van der Waals surface area contributed by atoms with E-state index in [0.717, 1.165) is 75.1 Å². The van der Waals surface area contributed by atoms with Crippen LogP contribution in [0.25, 0.3) is 22.3 Å². The van der Waals surface area contributed by atoms with Crippen molar-refractivity contribution < 1.29 is 18.9 Å². The standard InChI is InChI=1S/C76H116O4/c1-5-9-13-17-21-25-29-33-37-41-61-77-69-53-45-65(46-54-69)73-74(66-47-55-70(56-48-66)78-62-42-38-34-30-26-22-18-14-10-6-2)76(68-51-59-72(60-52-68)80-64-44-40-36-32-28-24-20-16-12-8-4)75(73)67-49-57-71(58-50-67)79-63-43-39-35-31-27-23-19-15-11-7-3/h45-60H,5-44,61-64H2,1-4H3. The topological polar surface area (TPSA) is 36.9 Å². The molecule has 0 spiro atoms. The van der Waals surface area contributed by atoms with Gasteiger partial charge in [0.1, 0.15) is 23.0 Å². The Labute approximate surface area is 492 Å². The summed E-state index contributed by atoms with van der Waals surface area (Å²) >= 11 is 0. The van der Waals surface area contributed by atoms with Gasteiger partial charge in [0.05, 0.1) is 26.4 Å². The lowest BCUT2D eigenvalue weighted by Crippen LogP contribution is -2.11. The van der Waals surface area contributed by atoms with Crippen LogP contribution in [0.2, 0.25) is 0 Å². The smallest absolute Gasteiger partial charge is 0.119 e. The van der Waals surface area contributed by atoms with E-state index in [2.05, 4.69) is 125 Å². The maximum Gasteiger partial charge on any atom is 0.119 e. The molecule has 444 valence electrons. The Balaban J connectivity index is 1.30. The minimum absolute atomic E-state index is 0.763. The van der Waals surface area contributed by atoms with Crippen molar-refractivity contribution in [3.63, 3.8) is 0 Å². The van der Waals surface area contributed by atoms with Gasteiger partial charge in [-0.3, -0.25) is 0 Å². The van der Waals surface area contributed by atoms with Crippen LogP contribution < -0.4 is 18.9 Å². The van der Waals surface area contributed by atoms with E-state index >= 15 is 0 Å². The number of hydrogen-bond acceptors (Lipinski definition) is 4. The van der Waals surface area contributed by atoms with Gasteiger partial charge in [-0.1, -0.05) is 307 Å². The summed E-state index contributed by atoms with van der Waals surface area (Å²) in [5, 5.41) is 0. The molecule has 0 unspecified atom stereocenters. The second-order valence-corrected chi connectivity index (χ2v) is 23.7. The molecule has 80 heavy (non-hydrogen) atoms. The molecule has 4 nitrogen and oxygen atoms in total. The first-order valence-electron chi connectivity index (χ1n) is 34.1. The molecule has 0 radical (unpaired) electrons. The molecule has 5 rings (SSSR count). The van der Waals surface area contributed by atoms with Gasteiger partial charge in [0.2, 0.25) is 0 Å². The van der Waals surface area contributed by atoms with Gasteiger partial charge in [-0.2, -0.15) is 0 Å². The molecular weight excluding hydrogens is 977 g/mol. The van der Waals surface area contributed by atoms with E-state index in [4.69, 9.17) is 18.9 Å². The first-order valence-corrected chi connectivity index (χ1v) is 34.1. The fourth-order valence-electron chi connectivity index (χ4n) is 11.6. The molecular formula is C76H116O4. The Hall–Kier alpha value is -4.44. The van der Waals surface area contributed by atoms with Gasteiger partial charge in [-0.25, -0.2) is 0 Å². The predicted molar refractivity (Wildman–Crippen MR) is 349 cm³/mol. The Morgan fingerprint density at radius 2 is 0.312 bits per heavy atom. The van der Waals surface area contributed by atoms with Crippen LogP contribution >= 0.6 is 0 Å². The van der Waals surface area contributed by atoms with E-state index in [1.165, 1.54) is 276 Å². The van der Waals surface area contributed by atoms with Crippen LogP contribution in [0.15, 0.2) is 97.1 Å². The first kappa shape index (κ1) is 66.4. The lowest BCUT2D eigenvalue weighted by Gasteiger charge is -2.33. The Kier molecular flexibility index (Phi) is 36.6. The summed E-state index contributed by atoms with van der Waals surface area (Å²) in [6, 6.07) is 35.7.